The van der Waals surface area contributed by atoms with Crippen LogP contribution in [0, 0.1) is 0 Å². The molecule has 0 radical (unpaired) electrons. The molecule has 0 unspecified atom stereocenters. The van der Waals surface area contributed by atoms with Crippen LogP contribution in [0.4, 0.5) is 5.69 Å². The highest BCUT2D eigenvalue weighted by Crippen LogP contribution is 2.16. The molecule has 0 bridgehead atoms. The third-order valence-corrected chi connectivity index (χ3v) is 2.22. The zero-order chi connectivity index (χ0) is 11.3. The molecule has 1 aromatic rings. The van der Waals surface area contributed by atoms with E-state index in [0.29, 0.717) is 5.69 Å². The molecule has 5 heteroatoms. The van der Waals surface area contributed by atoms with Crippen LogP contribution in [-0.4, -0.2) is 25.8 Å². The number of benzene rings is 1. The van der Waals surface area contributed by atoms with Crippen LogP contribution >= 0.6 is 15.9 Å². The average Bonchev–Trinajstić information content (AvgIpc) is 2.23. The van der Waals surface area contributed by atoms with Crippen LogP contribution in [0.2, 0.25) is 0 Å². The summed E-state index contributed by atoms with van der Waals surface area (Å²) < 4.78 is 5.36. The Morgan fingerprint density at radius 2 is 2.40 bits per heavy atom. The number of nitrogens with zero attached hydrogens (tertiary/aromatic N) is 1. The second kappa shape index (κ2) is 5.50. The molecular formula is C10H11BrN2O2. The van der Waals surface area contributed by atoms with E-state index in [9.17, 15) is 4.79 Å². The van der Waals surface area contributed by atoms with E-state index in [-0.39, 0.29) is 12.5 Å². The second-order valence-corrected chi connectivity index (χ2v) is 3.73. The molecule has 0 aliphatic heterocycles. The van der Waals surface area contributed by atoms with Gasteiger partial charge in [0.15, 0.2) is 0 Å². The van der Waals surface area contributed by atoms with Gasteiger partial charge < -0.3 is 10.5 Å². The van der Waals surface area contributed by atoms with Crippen molar-refractivity contribution in [3.8, 4) is 0 Å². The summed E-state index contributed by atoms with van der Waals surface area (Å²) in [6.45, 7) is 0.00243. The van der Waals surface area contributed by atoms with Gasteiger partial charge in [-0.3, -0.25) is 9.79 Å². The monoisotopic (exact) mass is 270 g/mol. The number of halogens is 1. The Morgan fingerprint density at radius 1 is 1.67 bits per heavy atom. The largest absolute Gasteiger partial charge is 0.468 e. The summed E-state index contributed by atoms with van der Waals surface area (Å²) in [6.07, 6.45) is 1.55. The topological polar surface area (TPSA) is 64.7 Å². The van der Waals surface area contributed by atoms with Crippen LogP contribution in [-0.2, 0) is 9.53 Å². The van der Waals surface area contributed by atoms with E-state index in [2.05, 4.69) is 25.7 Å². The first-order valence-electron chi connectivity index (χ1n) is 4.25. The summed E-state index contributed by atoms with van der Waals surface area (Å²) in [4.78, 5) is 14.7. The predicted molar refractivity (Wildman–Crippen MR) is 63.0 cm³/mol. The molecule has 1 aromatic carbocycles. The van der Waals surface area contributed by atoms with E-state index in [0.717, 1.165) is 10.0 Å². The van der Waals surface area contributed by atoms with Crippen molar-refractivity contribution >= 4 is 33.8 Å². The predicted octanol–water partition coefficient (Wildman–Crippen LogP) is 1.62. The van der Waals surface area contributed by atoms with Crippen LogP contribution in [0.3, 0.4) is 0 Å². The highest BCUT2D eigenvalue weighted by Gasteiger charge is 1.98. The fourth-order valence-electron chi connectivity index (χ4n) is 0.940. The van der Waals surface area contributed by atoms with Crippen LogP contribution in [0.25, 0.3) is 0 Å². The first-order chi connectivity index (χ1) is 7.13. The van der Waals surface area contributed by atoms with Gasteiger partial charge in [-0.2, -0.15) is 0 Å². The number of ether oxygens (including phenoxy) is 1. The second-order valence-electron chi connectivity index (χ2n) is 2.82. The first kappa shape index (κ1) is 11.7. The Balaban J connectivity index is 2.71. The Morgan fingerprint density at radius 3 is 3.07 bits per heavy atom. The molecule has 0 aromatic heterocycles. The lowest BCUT2D eigenvalue weighted by Gasteiger charge is -2.00. The molecule has 0 saturated carbocycles. The lowest BCUT2D eigenvalue weighted by atomic mass is 10.2. The van der Waals surface area contributed by atoms with Crippen molar-refractivity contribution in [3.05, 3.63) is 28.2 Å². The highest BCUT2D eigenvalue weighted by molar-refractivity contribution is 9.10. The van der Waals surface area contributed by atoms with Crippen LogP contribution in [0.1, 0.15) is 5.56 Å². The average molecular weight is 271 g/mol. The summed E-state index contributed by atoms with van der Waals surface area (Å²) in [5, 5.41) is 0. The van der Waals surface area contributed by atoms with Crippen LogP contribution < -0.4 is 5.73 Å². The molecule has 0 heterocycles. The van der Waals surface area contributed by atoms with E-state index in [1.54, 1.807) is 12.3 Å². The Labute approximate surface area is 96.3 Å². The van der Waals surface area contributed by atoms with Crippen molar-refractivity contribution in [3.63, 3.8) is 0 Å². The van der Waals surface area contributed by atoms with Gasteiger partial charge in [0.1, 0.15) is 6.54 Å². The van der Waals surface area contributed by atoms with Gasteiger partial charge in [-0.05, 0) is 18.2 Å². The number of nitrogen functional groups attached to an aromatic ring is 1. The summed E-state index contributed by atoms with van der Waals surface area (Å²) >= 11 is 3.32. The van der Waals surface area contributed by atoms with Crippen molar-refractivity contribution in [1.29, 1.82) is 0 Å². The van der Waals surface area contributed by atoms with Gasteiger partial charge >= 0.3 is 5.97 Å². The molecule has 0 amide bonds. The maximum absolute atomic E-state index is 10.8. The van der Waals surface area contributed by atoms with Crippen molar-refractivity contribution < 1.29 is 9.53 Å². The van der Waals surface area contributed by atoms with Crippen molar-refractivity contribution in [1.82, 2.24) is 0 Å². The van der Waals surface area contributed by atoms with E-state index >= 15 is 0 Å². The maximum atomic E-state index is 10.8. The minimum Gasteiger partial charge on any atom is -0.468 e. The van der Waals surface area contributed by atoms with Gasteiger partial charge in [-0.15, -0.1) is 0 Å². The molecule has 0 aliphatic carbocycles. The molecule has 0 spiro atoms. The number of carbonyl (C=O) groups excluding carboxylic acids is 1. The Bertz CT molecular complexity index is 391. The summed E-state index contributed by atoms with van der Waals surface area (Å²) in [6, 6.07) is 5.44. The number of hydrogen-bond donors (Lipinski definition) is 1. The SMILES string of the molecule is COC(=O)CN=Cc1cc(Br)ccc1N. The molecule has 80 valence electrons. The number of aliphatic imine (C=N–C) groups is 1. The lowest BCUT2D eigenvalue weighted by molar-refractivity contribution is -0.138. The number of rotatable bonds is 3. The van der Waals surface area contributed by atoms with Crippen molar-refractivity contribution in [2.75, 3.05) is 19.4 Å². The molecule has 1 rings (SSSR count). The van der Waals surface area contributed by atoms with Crippen molar-refractivity contribution in [2.24, 2.45) is 4.99 Å². The molecule has 0 atom stereocenters. The van der Waals surface area contributed by atoms with Gasteiger partial charge in [-0.1, -0.05) is 15.9 Å². The summed E-state index contributed by atoms with van der Waals surface area (Å²) in [7, 11) is 1.32. The third-order valence-electron chi connectivity index (χ3n) is 1.73. The summed E-state index contributed by atoms with van der Waals surface area (Å²) in [5.41, 5.74) is 7.10. The van der Waals surface area contributed by atoms with Gasteiger partial charge in [0.05, 0.1) is 7.11 Å². The fraction of sp³-hybridized carbons (Fsp3) is 0.200. The van der Waals surface area contributed by atoms with Gasteiger partial charge in [0.2, 0.25) is 0 Å². The molecule has 0 fully saturated rings. The molecular weight excluding hydrogens is 260 g/mol. The first-order valence-corrected chi connectivity index (χ1v) is 5.04. The lowest BCUT2D eigenvalue weighted by Crippen LogP contribution is -2.04. The molecule has 0 saturated heterocycles. The standard InChI is InChI=1S/C10H11BrN2O2/c1-15-10(14)6-13-5-7-4-8(11)2-3-9(7)12/h2-5H,6,12H2,1H3. The molecule has 0 aliphatic rings. The molecule has 15 heavy (non-hydrogen) atoms. The third kappa shape index (κ3) is 3.71. The van der Waals surface area contributed by atoms with E-state index in [1.165, 1.54) is 7.11 Å². The normalized spacial score (nSPS) is 10.5. The van der Waals surface area contributed by atoms with Crippen LogP contribution in [0.15, 0.2) is 27.7 Å². The van der Waals surface area contributed by atoms with Gasteiger partial charge in [-0.25, -0.2) is 0 Å². The molecule has 2 N–H and O–H groups in total. The number of esters is 1. The van der Waals surface area contributed by atoms with Crippen molar-refractivity contribution in [2.45, 2.75) is 0 Å². The van der Waals surface area contributed by atoms with E-state index < -0.39 is 0 Å². The molecule has 4 nitrogen and oxygen atoms in total. The fourth-order valence-corrected chi connectivity index (χ4v) is 1.32. The number of methoxy groups -OCH3 is 1. The zero-order valence-corrected chi connectivity index (χ0v) is 9.82. The number of hydrogen-bond acceptors (Lipinski definition) is 4. The number of nitrogens with two attached hydrogens (primary N) is 1. The smallest absolute Gasteiger partial charge is 0.327 e. The van der Waals surface area contributed by atoms with Gasteiger partial charge in [0.25, 0.3) is 0 Å². The quantitative estimate of drug-likeness (QED) is 0.516. The van der Waals surface area contributed by atoms with E-state index in [4.69, 9.17) is 5.73 Å². The van der Waals surface area contributed by atoms with E-state index in [1.807, 2.05) is 12.1 Å². The zero-order valence-electron chi connectivity index (χ0n) is 8.24. The Hall–Kier alpha value is -1.36. The minimum atomic E-state index is -0.375. The summed E-state index contributed by atoms with van der Waals surface area (Å²) in [5.74, 6) is -0.375. The highest BCUT2D eigenvalue weighted by atomic mass is 79.9. The van der Waals surface area contributed by atoms with Gasteiger partial charge in [0, 0.05) is 21.9 Å². The number of anilines is 1. The maximum Gasteiger partial charge on any atom is 0.327 e. The Kier molecular flexibility index (Phi) is 4.30. The van der Waals surface area contributed by atoms with Crippen LogP contribution in [0.5, 0.6) is 0 Å². The number of carbonyl (C=O) groups is 1. The minimum absolute atomic E-state index is 0.00243.